The summed E-state index contributed by atoms with van der Waals surface area (Å²) in [5.74, 6) is 1.26. The second kappa shape index (κ2) is 8.32. The minimum absolute atomic E-state index is 0.219. The third-order valence-corrected chi connectivity index (χ3v) is 3.73. The Morgan fingerprint density at radius 1 is 1.20 bits per heavy atom. The molecule has 0 radical (unpaired) electrons. The summed E-state index contributed by atoms with van der Waals surface area (Å²) in [4.78, 5) is 21.3. The number of carbonyl (C=O) groups is 1. The maximum Gasteiger partial charge on any atom is 0.274 e. The zero-order valence-electron chi connectivity index (χ0n) is 15.2. The standard InChI is InChI=1S/C18H24N4O3/c1-6-11(2)19-18-20-12(3)9-15(22-18)17(23)21-14-10-13(24-4)7-8-16(14)25-5/h7-11H,6H2,1-5H3,(H,21,23)(H,19,20,22). The summed E-state index contributed by atoms with van der Waals surface area (Å²) < 4.78 is 10.5. The first-order valence-corrected chi connectivity index (χ1v) is 8.12. The van der Waals surface area contributed by atoms with Crippen LogP contribution in [0.15, 0.2) is 24.3 Å². The highest BCUT2D eigenvalue weighted by atomic mass is 16.5. The van der Waals surface area contributed by atoms with Crippen LogP contribution in [0, 0.1) is 6.92 Å². The summed E-state index contributed by atoms with van der Waals surface area (Å²) >= 11 is 0. The van der Waals surface area contributed by atoms with E-state index in [-0.39, 0.29) is 17.6 Å². The maximum absolute atomic E-state index is 12.6. The van der Waals surface area contributed by atoms with E-state index >= 15 is 0 Å². The molecule has 0 aliphatic heterocycles. The molecule has 0 spiro atoms. The number of ether oxygens (including phenoxy) is 2. The van der Waals surface area contributed by atoms with Crippen LogP contribution in [0.4, 0.5) is 11.6 Å². The molecule has 1 amide bonds. The van der Waals surface area contributed by atoms with Crippen molar-refractivity contribution in [2.75, 3.05) is 24.9 Å². The number of rotatable bonds is 7. The molecule has 2 N–H and O–H groups in total. The molecule has 25 heavy (non-hydrogen) atoms. The largest absolute Gasteiger partial charge is 0.497 e. The lowest BCUT2D eigenvalue weighted by Crippen LogP contribution is -2.20. The first-order chi connectivity index (χ1) is 12.0. The van der Waals surface area contributed by atoms with Crippen LogP contribution in [-0.4, -0.2) is 36.1 Å². The molecule has 1 unspecified atom stereocenters. The molecule has 2 aromatic rings. The van der Waals surface area contributed by atoms with Gasteiger partial charge in [0.05, 0.1) is 19.9 Å². The lowest BCUT2D eigenvalue weighted by atomic mass is 10.2. The van der Waals surface area contributed by atoms with E-state index in [1.807, 2.05) is 13.8 Å². The molecule has 7 nitrogen and oxygen atoms in total. The molecule has 0 saturated carbocycles. The average Bonchev–Trinajstić information content (AvgIpc) is 2.60. The number of aryl methyl sites for hydroxylation is 1. The second-order valence-corrected chi connectivity index (χ2v) is 5.69. The van der Waals surface area contributed by atoms with Gasteiger partial charge >= 0.3 is 0 Å². The van der Waals surface area contributed by atoms with Crippen LogP contribution >= 0.6 is 0 Å². The van der Waals surface area contributed by atoms with Gasteiger partial charge < -0.3 is 20.1 Å². The molecule has 2 rings (SSSR count). The number of carbonyl (C=O) groups excluding carboxylic acids is 1. The summed E-state index contributed by atoms with van der Waals surface area (Å²) in [6.07, 6.45) is 0.930. The number of methoxy groups -OCH3 is 2. The molecular weight excluding hydrogens is 320 g/mol. The lowest BCUT2D eigenvalue weighted by molar-refractivity contribution is 0.102. The van der Waals surface area contributed by atoms with E-state index < -0.39 is 0 Å². The normalized spacial score (nSPS) is 11.6. The third-order valence-electron chi connectivity index (χ3n) is 3.73. The Bertz CT molecular complexity index is 749. The molecular formula is C18H24N4O3. The Morgan fingerprint density at radius 2 is 1.96 bits per heavy atom. The number of benzene rings is 1. The summed E-state index contributed by atoms with van der Waals surface area (Å²) in [7, 11) is 3.11. The first kappa shape index (κ1) is 18.5. The van der Waals surface area contributed by atoms with Crippen molar-refractivity contribution in [3.8, 4) is 11.5 Å². The van der Waals surface area contributed by atoms with Gasteiger partial charge in [0.25, 0.3) is 5.91 Å². The van der Waals surface area contributed by atoms with Gasteiger partial charge in [-0.15, -0.1) is 0 Å². The Labute approximate surface area is 147 Å². The number of aromatic nitrogens is 2. The van der Waals surface area contributed by atoms with Crippen molar-refractivity contribution in [1.82, 2.24) is 9.97 Å². The van der Waals surface area contributed by atoms with Crippen LogP contribution < -0.4 is 20.1 Å². The van der Waals surface area contributed by atoms with E-state index in [2.05, 4.69) is 27.5 Å². The van der Waals surface area contributed by atoms with Crippen molar-refractivity contribution < 1.29 is 14.3 Å². The van der Waals surface area contributed by atoms with E-state index in [1.165, 1.54) is 0 Å². The average molecular weight is 344 g/mol. The topological polar surface area (TPSA) is 85.4 Å². The number of amides is 1. The summed E-state index contributed by atoms with van der Waals surface area (Å²) in [5, 5.41) is 6.00. The quantitative estimate of drug-likeness (QED) is 0.802. The molecule has 0 aliphatic carbocycles. The van der Waals surface area contributed by atoms with Crippen molar-refractivity contribution >= 4 is 17.5 Å². The van der Waals surface area contributed by atoms with E-state index in [4.69, 9.17) is 9.47 Å². The van der Waals surface area contributed by atoms with Gasteiger partial charge in [0.15, 0.2) is 0 Å². The Morgan fingerprint density at radius 3 is 2.60 bits per heavy atom. The van der Waals surface area contributed by atoms with Gasteiger partial charge in [0.1, 0.15) is 17.2 Å². The molecule has 134 valence electrons. The fourth-order valence-electron chi connectivity index (χ4n) is 2.17. The molecule has 0 saturated heterocycles. The van der Waals surface area contributed by atoms with E-state index in [9.17, 15) is 4.79 Å². The van der Waals surface area contributed by atoms with E-state index in [0.717, 1.165) is 6.42 Å². The van der Waals surface area contributed by atoms with Crippen LogP contribution in [0.25, 0.3) is 0 Å². The second-order valence-electron chi connectivity index (χ2n) is 5.69. The number of anilines is 2. The zero-order valence-corrected chi connectivity index (χ0v) is 15.2. The lowest BCUT2D eigenvalue weighted by Gasteiger charge is -2.14. The van der Waals surface area contributed by atoms with Crippen LogP contribution in [0.5, 0.6) is 11.5 Å². The van der Waals surface area contributed by atoms with Gasteiger partial charge in [0, 0.05) is 17.8 Å². The van der Waals surface area contributed by atoms with Crippen LogP contribution in [0.2, 0.25) is 0 Å². The smallest absolute Gasteiger partial charge is 0.274 e. The molecule has 0 bridgehead atoms. The van der Waals surface area contributed by atoms with Crippen LogP contribution in [-0.2, 0) is 0 Å². The van der Waals surface area contributed by atoms with Gasteiger partial charge in [-0.2, -0.15) is 0 Å². The van der Waals surface area contributed by atoms with E-state index in [0.29, 0.717) is 28.8 Å². The molecule has 1 atom stereocenters. The number of hydrogen-bond donors (Lipinski definition) is 2. The van der Waals surface area contributed by atoms with Gasteiger partial charge in [-0.05, 0) is 38.5 Å². The number of hydrogen-bond acceptors (Lipinski definition) is 6. The fourth-order valence-corrected chi connectivity index (χ4v) is 2.17. The Hall–Kier alpha value is -2.83. The summed E-state index contributed by atoms with van der Waals surface area (Å²) in [6, 6.07) is 7.05. The predicted octanol–water partition coefficient (Wildman–Crippen LogP) is 3.26. The highest BCUT2D eigenvalue weighted by Crippen LogP contribution is 2.29. The van der Waals surface area contributed by atoms with Crippen molar-refractivity contribution in [2.45, 2.75) is 33.2 Å². The minimum atomic E-state index is -0.343. The monoisotopic (exact) mass is 344 g/mol. The zero-order chi connectivity index (χ0) is 18.4. The van der Waals surface area contributed by atoms with Crippen molar-refractivity contribution in [2.24, 2.45) is 0 Å². The number of nitrogens with zero attached hydrogens (tertiary/aromatic N) is 2. The Kier molecular flexibility index (Phi) is 6.16. The van der Waals surface area contributed by atoms with Gasteiger partial charge in [-0.1, -0.05) is 6.92 Å². The fraction of sp³-hybridized carbons (Fsp3) is 0.389. The van der Waals surface area contributed by atoms with Gasteiger partial charge in [-0.25, -0.2) is 9.97 Å². The summed E-state index contributed by atoms with van der Waals surface area (Å²) in [6.45, 7) is 5.93. The van der Waals surface area contributed by atoms with Crippen molar-refractivity contribution in [3.63, 3.8) is 0 Å². The molecule has 0 fully saturated rings. The maximum atomic E-state index is 12.6. The van der Waals surface area contributed by atoms with Crippen molar-refractivity contribution in [3.05, 3.63) is 35.7 Å². The third kappa shape index (κ3) is 4.82. The molecule has 7 heteroatoms. The first-order valence-electron chi connectivity index (χ1n) is 8.12. The summed E-state index contributed by atoms with van der Waals surface area (Å²) in [5.41, 5.74) is 1.51. The predicted molar refractivity (Wildman–Crippen MR) is 97.6 cm³/mol. The molecule has 1 aromatic heterocycles. The van der Waals surface area contributed by atoms with Gasteiger partial charge in [-0.3, -0.25) is 4.79 Å². The number of nitrogens with one attached hydrogen (secondary N) is 2. The van der Waals surface area contributed by atoms with Gasteiger partial charge in [0.2, 0.25) is 5.95 Å². The molecule has 0 aliphatic rings. The highest BCUT2D eigenvalue weighted by Gasteiger charge is 2.14. The molecule has 1 heterocycles. The van der Waals surface area contributed by atoms with Crippen LogP contribution in [0.3, 0.4) is 0 Å². The highest BCUT2D eigenvalue weighted by molar-refractivity contribution is 6.04. The minimum Gasteiger partial charge on any atom is -0.497 e. The molecule has 1 aromatic carbocycles. The van der Waals surface area contributed by atoms with Crippen LogP contribution in [0.1, 0.15) is 36.5 Å². The Balaban J connectivity index is 2.26. The SMILES string of the molecule is CCC(C)Nc1nc(C)cc(C(=O)Nc2cc(OC)ccc2OC)n1. The van der Waals surface area contributed by atoms with E-state index in [1.54, 1.807) is 38.5 Å². The van der Waals surface area contributed by atoms with Crippen molar-refractivity contribution in [1.29, 1.82) is 0 Å².